The van der Waals surface area contributed by atoms with E-state index in [1.807, 2.05) is 61.5 Å². The molecule has 1 atom stereocenters. The highest BCUT2D eigenvalue weighted by Crippen LogP contribution is 2.40. The van der Waals surface area contributed by atoms with Gasteiger partial charge in [-0.2, -0.15) is 0 Å². The number of ketones is 1. The van der Waals surface area contributed by atoms with E-state index in [4.69, 9.17) is 4.74 Å². The van der Waals surface area contributed by atoms with Gasteiger partial charge in [0, 0.05) is 12.1 Å². The molecule has 0 spiro atoms. The molecule has 1 unspecified atom stereocenters. The second-order valence-electron chi connectivity index (χ2n) is 7.97. The van der Waals surface area contributed by atoms with Gasteiger partial charge in [-0.3, -0.25) is 9.59 Å². The first kappa shape index (κ1) is 22.3. The van der Waals surface area contributed by atoms with E-state index in [-0.39, 0.29) is 17.9 Å². The highest BCUT2D eigenvalue weighted by Gasteiger charge is 2.46. The summed E-state index contributed by atoms with van der Waals surface area (Å²) in [6, 6.07) is 23.6. The summed E-state index contributed by atoms with van der Waals surface area (Å²) < 4.78 is 5.55. The molecule has 5 heteroatoms. The summed E-state index contributed by atoms with van der Waals surface area (Å²) in [5.41, 5.74) is 3.38. The molecule has 1 saturated heterocycles. The number of aliphatic hydroxyl groups excluding tert-OH is 1. The van der Waals surface area contributed by atoms with Crippen molar-refractivity contribution in [3.63, 3.8) is 0 Å². The van der Waals surface area contributed by atoms with Gasteiger partial charge in [0.2, 0.25) is 0 Å². The molecule has 1 aliphatic heterocycles. The average Bonchev–Trinajstić information content (AvgIpc) is 3.09. The van der Waals surface area contributed by atoms with E-state index in [1.165, 1.54) is 4.90 Å². The van der Waals surface area contributed by atoms with Crippen molar-refractivity contribution in [1.82, 2.24) is 4.90 Å². The quantitative estimate of drug-likeness (QED) is 0.308. The zero-order valence-electron chi connectivity index (χ0n) is 18.8. The molecule has 3 aromatic rings. The molecule has 0 aliphatic carbocycles. The molecule has 0 radical (unpaired) electrons. The molecule has 1 amide bonds. The van der Waals surface area contributed by atoms with Crippen LogP contribution in [0.5, 0.6) is 5.75 Å². The van der Waals surface area contributed by atoms with Crippen LogP contribution in [-0.2, 0) is 22.6 Å². The molecule has 0 aromatic heterocycles. The second kappa shape index (κ2) is 9.74. The van der Waals surface area contributed by atoms with E-state index in [0.29, 0.717) is 17.9 Å². The Labute approximate surface area is 193 Å². The fourth-order valence-corrected chi connectivity index (χ4v) is 4.16. The van der Waals surface area contributed by atoms with Crippen LogP contribution in [0.3, 0.4) is 0 Å². The monoisotopic (exact) mass is 441 g/mol. The lowest BCUT2D eigenvalue weighted by Gasteiger charge is -2.25. The Hall–Kier alpha value is -3.86. The van der Waals surface area contributed by atoms with Crippen molar-refractivity contribution in [1.29, 1.82) is 0 Å². The van der Waals surface area contributed by atoms with Crippen molar-refractivity contribution in [2.24, 2.45) is 0 Å². The molecular formula is C28H27NO4. The first-order valence-corrected chi connectivity index (χ1v) is 11.2. The minimum atomic E-state index is -0.688. The molecule has 4 rings (SSSR count). The van der Waals surface area contributed by atoms with Gasteiger partial charge in [-0.05, 0) is 42.2 Å². The van der Waals surface area contributed by atoms with Crippen molar-refractivity contribution in [2.75, 3.05) is 6.61 Å². The van der Waals surface area contributed by atoms with Crippen LogP contribution in [0.2, 0.25) is 0 Å². The van der Waals surface area contributed by atoms with Crippen molar-refractivity contribution in [3.8, 4) is 5.75 Å². The highest BCUT2D eigenvalue weighted by molar-refractivity contribution is 6.46. The second-order valence-corrected chi connectivity index (χ2v) is 7.97. The molecule has 1 fully saturated rings. The maximum absolute atomic E-state index is 13.2. The van der Waals surface area contributed by atoms with Gasteiger partial charge in [-0.25, -0.2) is 0 Å². The summed E-state index contributed by atoms with van der Waals surface area (Å²) in [7, 11) is 0. The molecule has 1 aliphatic rings. The number of ether oxygens (including phenoxy) is 1. The third-order valence-corrected chi connectivity index (χ3v) is 5.86. The highest BCUT2D eigenvalue weighted by atomic mass is 16.5. The van der Waals surface area contributed by atoms with Gasteiger partial charge < -0.3 is 14.7 Å². The van der Waals surface area contributed by atoms with Crippen molar-refractivity contribution < 1.29 is 19.4 Å². The van der Waals surface area contributed by atoms with E-state index < -0.39 is 17.7 Å². The van der Waals surface area contributed by atoms with E-state index in [2.05, 4.69) is 6.92 Å². The number of carbonyl (C=O) groups is 2. The van der Waals surface area contributed by atoms with Gasteiger partial charge in [0.05, 0.1) is 18.2 Å². The molecule has 0 saturated carbocycles. The number of aliphatic hydroxyl groups is 1. The first-order valence-electron chi connectivity index (χ1n) is 11.2. The molecule has 168 valence electrons. The lowest BCUT2D eigenvalue weighted by molar-refractivity contribution is -0.140. The number of nitrogens with zero attached hydrogens (tertiary/aromatic N) is 1. The summed E-state index contributed by atoms with van der Waals surface area (Å²) in [4.78, 5) is 27.9. The van der Waals surface area contributed by atoms with Crippen LogP contribution >= 0.6 is 0 Å². The normalized spacial score (nSPS) is 17.4. The number of hydrogen-bond acceptors (Lipinski definition) is 4. The van der Waals surface area contributed by atoms with Crippen LogP contribution in [0.4, 0.5) is 0 Å². The van der Waals surface area contributed by atoms with Crippen molar-refractivity contribution >= 4 is 17.4 Å². The van der Waals surface area contributed by atoms with E-state index in [9.17, 15) is 14.7 Å². The third kappa shape index (κ3) is 4.53. The lowest BCUT2D eigenvalue weighted by atomic mass is 9.94. The fourth-order valence-electron chi connectivity index (χ4n) is 4.16. The molecule has 1 N–H and O–H groups in total. The van der Waals surface area contributed by atoms with Crippen molar-refractivity contribution in [2.45, 2.75) is 32.9 Å². The fraction of sp³-hybridized carbons (Fsp3) is 0.214. The number of aryl methyl sites for hydroxylation is 1. The molecular weight excluding hydrogens is 414 g/mol. The lowest BCUT2D eigenvalue weighted by Crippen LogP contribution is -2.29. The SMILES string of the molecule is CCOc1cccc(C(O)=C2C(=O)C(=O)N(Cc3ccccc3)C2c2ccc(CC)cc2)c1. The maximum Gasteiger partial charge on any atom is 0.295 e. The molecule has 33 heavy (non-hydrogen) atoms. The summed E-state index contributed by atoms with van der Waals surface area (Å²) in [6.45, 7) is 4.69. The van der Waals surface area contributed by atoms with Crippen LogP contribution in [-0.4, -0.2) is 28.3 Å². The van der Waals surface area contributed by atoms with Gasteiger partial charge in [0.15, 0.2) is 0 Å². The summed E-state index contributed by atoms with van der Waals surface area (Å²) in [6.07, 6.45) is 0.884. The Bertz CT molecular complexity index is 1180. The number of likely N-dealkylation sites (tertiary alicyclic amines) is 1. The van der Waals surface area contributed by atoms with Crippen LogP contribution in [0.25, 0.3) is 5.76 Å². The zero-order valence-corrected chi connectivity index (χ0v) is 18.8. The van der Waals surface area contributed by atoms with Gasteiger partial charge in [0.25, 0.3) is 11.7 Å². The Balaban J connectivity index is 1.84. The van der Waals surface area contributed by atoms with Crippen LogP contribution in [0.15, 0.2) is 84.4 Å². The largest absolute Gasteiger partial charge is 0.507 e. The standard InChI is InChI=1S/C28H27NO4/c1-3-19-13-15-21(16-14-19)25-24(26(30)22-11-8-12-23(17-22)33-4-2)27(31)28(32)29(25)18-20-9-6-5-7-10-20/h5-17,25,30H,3-4,18H2,1-2H3. The minimum absolute atomic E-state index is 0.0915. The predicted octanol–water partition coefficient (Wildman–Crippen LogP) is 5.27. The molecule has 3 aromatic carbocycles. The predicted molar refractivity (Wildman–Crippen MR) is 128 cm³/mol. The summed E-state index contributed by atoms with van der Waals surface area (Å²) in [5.74, 6) is -0.917. The van der Waals surface area contributed by atoms with Crippen molar-refractivity contribution in [3.05, 3.63) is 107 Å². The number of rotatable bonds is 7. The Morgan fingerprint density at radius 1 is 0.909 bits per heavy atom. The number of carbonyl (C=O) groups excluding carboxylic acids is 2. The van der Waals surface area contributed by atoms with Gasteiger partial charge in [-0.1, -0.05) is 73.7 Å². The Morgan fingerprint density at radius 2 is 1.64 bits per heavy atom. The molecule has 1 heterocycles. The number of benzene rings is 3. The molecule has 5 nitrogen and oxygen atoms in total. The first-order chi connectivity index (χ1) is 16.0. The minimum Gasteiger partial charge on any atom is -0.507 e. The van der Waals surface area contributed by atoms with E-state index in [1.54, 1.807) is 24.3 Å². The Morgan fingerprint density at radius 3 is 2.30 bits per heavy atom. The number of Topliss-reactive ketones (excluding diaryl/α,β-unsaturated/α-hetero) is 1. The molecule has 0 bridgehead atoms. The number of amides is 1. The smallest absolute Gasteiger partial charge is 0.295 e. The van der Waals surface area contributed by atoms with Crippen LogP contribution in [0, 0.1) is 0 Å². The third-order valence-electron chi connectivity index (χ3n) is 5.86. The van der Waals surface area contributed by atoms with E-state index >= 15 is 0 Å². The average molecular weight is 442 g/mol. The topological polar surface area (TPSA) is 66.8 Å². The van der Waals surface area contributed by atoms with Gasteiger partial charge in [-0.15, -0.1) is 0 Å². The van der Waals surface area contributed by atoms with Gasteiger partial charge >= 0.3 is 0 Å². The Kier molecular flexibility index (Phi) is 6.59. The summed E-state index contributed by atoms with van der Waals surface area (Å²) >= 11 is 0. The van der Waals surface area contributed by atoms with Gasteiger partial charge in [0.1, 0.15) is 11.5 Å². The number of hydrogen-bond donors (Lipinski definition) is 1. The van der Waals surface area contributed by atoms with E-state index in [0.717, 1.165) is 23.1 Å². The van der Waals surface area contributed by atoms with Crippen LogP contribution in [0.1, 0.15) is 42.1 Å². The summed E-state index contributed by atoms with van der Waals surface area (Å²) in [5, 5.41) is 11.2. The zero-order chi connectivity index (χ0) is 23.4. The van der Waals surface area contributed by atoms with Crippen LogP contribution < -0.4 is 4.74 Å². The maximum atomic E-state index is 13.2.